The second kappa shape index (κ2) is 10.2. The van der Waals surface area contributed by atoms with Crippen molar-refractivity contribution in [3.8, 4) is 11.3 Å². The number of aromatic nitrogens is 4. The minimum atomic E-state index is 0.180. The number of hydrogen-bond acceptors (Lipinski definition) is 4. The van der Waals surface area contributed by atoms with Gasteiger partial charge in [0.05, 0.1) is 12.2 Å². The van der Waals surface area contributed by atoms with Gasteiger partial charge in [-0.25, -0.2) is 9.50 Å². The van der Waals surface area contributed by atoms with Gasteiger partial charge in [-0.15, -0.1) is 0 Å². The molecule has 1 aromatic carbocycles. The number of carbonyl (C=O) groups is 1. The highest BCUT2D eigenvalue weighted by molar-refractivity contribution is 5.92. The summed E-state index contributed by atoms with van der Waals surface area (Å²) in [6, 6.07) is 6.91. The van der Waals surface area contributed by atoms with E-state index < -0.39 is 0 Å². The van der Waals surface area contributed by atoms with Crippen molar-refractivity contribution in [1.82, 2.24) is 29.8 Å². The van der Waals surface area contributed by atoms with Crippen LogP contribution in [-0.4, -0.2) is 56.6 Å². The maximum absolute atomic E-state index is 12.7. The SMILES string of the molecule is Cc1c(-c2[nH]c3ccc(C4CCN(C(=O)CNCC(C)(C)C)CC4)cc3c2C(C)C)cn2ncnc2c1C. The molecule has 0 unspecified atom stereocenters. The van der Waals surface area contributed by atoms with E-state index in [1.165, 1.54) is 38.9 Å². The molecule has 1 amide bonds. The molecule has 0 saturated carbocycles. The lowest BCUT2D eigenvalue weighted by Gasteiger charge is -2.32. The van der Waals surface area contributed by atoms with Gasteiger partial charge in [-0.05, 0) is 78.3 Å². The number of piperidine rings is 1. The molecule has 1 fully saturated rings. The molecule has 0 aliphatic carbocycles. The Kier molecular flexibility index (Phi) is 7.07. The molecule has 0 radical (unpaired) electrons. The summed E-state index contributed by atoms with van der Waals surface area (Å²) < 4.78 is 1.88. The van der Waals surface area contributed by atoms with Crippen LogP contribution in [0.15, 0.2) is 30.7 Å². The van der Waals surface area contributed by atoms with E-state index in [2.05, 4.69) is 93.2 Å². The average Bonchev–Trinajstić information content (AvgIpc) is 3.49. The van der Waals surface area contributed by atoms with Crippen molar-refractivity contribution in [2.75, 3.05) is 26.2 Å². The zero-order valence-electron chi connectivity index (χ0n) is 24.0. The Morgan fingerprint density at radius 2 is 1.89 bits per heavy atom. The van der Waals surface area contributed by atoms with E-state index in [0.29, 0.717) is 18.4 Å². The highest BCUT2D eigenvalue weighted by Gasteiger charge is 2.26. The highest BCUT2D eigenvalue weighted by atomic mass is 16.2. The molecule has 2 N–H and O–H groups in total. The molecule has 38 heavy (non-hydrogen) atoms. The maximum Gasteiger partial charge on any atom is 0.236 e. The number of amides is 1. The lowest BCUT2D eigenvalue weighted by molar-refractivity contribution is -0.131. The van der Waals surface area contributed by atoms with Gasteiger partial charge in [0.2, 0.25) is 5.91 Å². The number of likely N-dealkylation sites (tertiary alicyclic amines) is 1. The molecule has 5 rings (SSSR count). The molecule has 4 aromatic rings. The van der Waals surface area contributed by atoms with Crippen LogP contribution in [0.4, 0.5) is 0 Å². The first-order chi connectivity index (χ1) is 18.0. The fourth-order valence-electron chi connectivity index (χ4n) is 5.87. The molecule has 3 aromatic heterocycles. The number of benzene rings is 1. The minimum Gasteiger partial charge on any atom is -0.354 e. The number of nitrogens with one attached hydrogen (secondary N) is 2. The van der Waals surface area contributed by atoms with Crippen LogP contribution in [0.5, 0.6) is 0 Å². The summed E-state index contributed by atoms with van der Waals surface area (Å²) in [5, 5.41) is 9.05. The predicted octanol–water partition coefficient (Wildman–Crippen LogP) is 5.96. The second-order valence-electron chi connectivity index (χ2n) is 12.5. The van der Waals surface area contributed by atoms with Crippen molar-refractivity contribution in [2.24, 2.45) is 5.41 Å². The molecular weight excluding hydrogens is 472 g/mol. The third-order valence-electron chi connectivity index (χ3n) is 8.09. The third kappa shape index (κ3) is 5.08. The van der Waals surface area contributed by atoms with Crippen LogP contribution >= 0.6 is 0 Å². The van der Waals surface area contributed by atoms with Gasteiger partial charge in [-0.3, -0.25) is 4.79 Å². The molecule has 202 valence electrons. The minimum absolute atomic E-state index is 0.180. The van der Waals surface area contributed by atoms with Gasteiger partial charge in [0, 0.05) is 42.3 Å². The quantitative estimate of drug-likeness (QED) is 0.333. The Hall–Kier alpha value is -3.19. The summed E-state index contributed by atoms with van der Waals surface area (Å²) in [7, 11) is 0. The summed E-state index contributed by atoms with van der Waals surface area (Å²) >= 11 is 0. The second-order valence-corrected chi connectivity index (χ2v) is 12.5. The van der Waals surface area contributed by atoms with Crippen LogP contribution in [0.1, 0.15) is 81.5 Å². The summed E-state index contributed by atoms with van der Waals surface area (Å²) in [6.07, 6.45) is 5.73. The molecule has 7 nitrogen and oxygen atoms in total. The number of carbonyl (C=O) groups excluding carboxylic acids is 1. The first kappa shape index (κ1) is 26.4. The molecule has 0 spiro atoms. The highest BCUT2D eigenvalue weighted by Crippen LogP contribution is 2.40. The monoisotopic (exact) mass is 514 g/mol. The van der Waals surface area contributed by atoms with Crippen LogP contribution in [0.3, 0.4) is 0 Å². The maximum atomic E-state index is 12.7. The van der Waals surface area contributed by atoms with Gasteiger partial charge >= 0.3 is 0 Å². The Bertz CT molecular complexity index is 1460. The number of aromatic amines is 1. The van der Waals surface area contributed by atoms with E-state index in [9.17, 15) is 4.79 Å². The van der Waals surface area contributed by atoms with Gasteiger partial charge in [0.25, 0.3) is 0 Å². The molecule has 0 atom stereocenters. The van der Waals surface area contributed by atoms with E-state index >= 15 is 0 Å². The third-order valence-corrected chi connectivity index (χ3v) is 8.09. The van der Waals surface area contributed by atoms with Crippen molar-refractivity contribution >= 4 is 22.5 Å². The molecule has 0 bridgehead atoms. The van der Waals surface area contributed by atoms with Crippen molar-refractivity contribution in [1.29, 1.82) is 0 Å². The Labute approximate surface area is 226 Å². The van der Waals surface area contributed by atoms with Crippen LogP contribution in [0.25, 0.3) is 27.8 Å². The van der Waals surface area contributed by atoms with Crippen molar-refractivity contribution in [3.63, 3.8) is 0 Å². The molecular formula is C31H42N6O. The fraction of sp³-hybridized carbons (Fsp3) is 0.516. The van der Waals surface area contributed by atoms with E-state index in [1.807, 2.05) is 9.42 Å². The number of H-pyrrole nitrogens is 1. The largest absolute Gasteiger partial charge is 0.354 e. The Balaban J connectivity index is 1.39. The van der Waals surface area contributed by atoms with Gasteiger partial charge < -0.3 is 15.2 Å². The summed E-state index contributed by atoms with van der Waals surface area (Å²) in [4.78, 5) is 22.9. The van der Waals surface area contributed by atoms with Crippen LogP contribution in [0.2, 0.25) is 0 Å². The number of pyridine rings is 1. The Morgan fingerprint density at radius 1 is 1.16 bits per heavy atom. The lowest BCUT2D eigenvalue weighted by Crippen LogP contribution is -2.43. The smallest absolute Gasteiger partial charge is 0.236 e. The van der Waals surface area contributed by atoms with Crippen LogP contribution in [0, 0.1) is 19.3 Å². The Morgan fingerprint density at radius 3 is 2.58 bits per heavy atom. The van der Waals surface area contributed by atoms with Gasteiger partial charge in [0.1, 0.15) is 6.33 Å². The number of hydrogen-bond donors (Lipinski definition) is 2. The number of fused-ring (bicyclic) bond motifs is 2. The van der Waals surface area contributed by atoms with E-state index in [0.717, 1.165) is 43.7 Å². The van der Waals surface area contributed by atoms with E-state index in [1.54, 1.807) is 6.33 Å². The van der Waals surface area contributed by atoms with E-state index in [-0.39, 0.29) is 11.3 Å². The van der Waals surface area contributed by atoms with Gasteiger partial charge in [-0.1, -0.05) is 40.7 Å². The zero-order valence-corrected chi connectivity index (χ0v) is 24.0. The summed E-state index contributed by atoms with van der Waals surface area (Å²) in [6.45, 7) is 18.3. The average molecular weight is 515 g/mol. The van der Waals surface area contributed by atoms with E-state index in [4.69, 9.17) is 0 Å². The van der Waals surface area contributed by atoms with Crippen molar-refractivity contribution < 1.29 is 4.79 Å². The number of rotatable bonds is 6. The first-order valence-corrected chi connectivity index (χ1v) is 14.0. The van der Waals surface area contributed by atoms with Crippen LogP contribution in [-0.2, 0) is 4.79 Å². The molecule has 1 aliphatic rings. The number of nitrogens with zero attached hydrogens (tertiary/aromatic N) is 4. The topological polar surface area (TPSA) is 78.3 Å². The zero-order chi connectivity index (χ0) is 27.2. The summed E-state index contributed by atoms with van der Waals surface area (Å²) in [5.74, 6) is 1.05. The molecule has 1 aliphatic heterocycles. The van der Waals surface area contributed by atoms with Crippen molar-refractivity contribution in [3.05, 3.63) is 53.0 Å². The van der Waals surface area contributed by atoms with Crippen LogP contribution < -0.4 is 5.32 Å². The molecule has 4 heterocycles. The predicted molar refractivity (Wildman–Crippen MR) is 155 cm³/mol. The molecule has 7 heteroatoms. The first-order valence-electron chi connectivity index (χ1n) is 14.0. The van der Waals surface area contributed by atoms with Gasteiger partial charge in [-0.2, -0.15) is 5.10 Å². The lowest BCUT2D eigenvalue weighted by atomic mass is 9.87. The molecule has 1 saturated heterocycles. The number of aryl methyl sites for hydroxylation is 1. The van der Waals surface area contributed by atoms with Crippen molar-refractivity contribution in [2.45, 2.75) is 73.1 Å². The van der Waals surface area contributed by atoms with Gasteiger partial charge in [0.15, 0.2) is 5.65 Å². The normalized spacial score (nSPS) is 15.3. The summed E-state index contributed by atoms with van der Waals surface area (Å²) in [5.41, 5.74) is 9.72. The standard InChI is InChI=1S/C31H42N6O/c1-19(2)28-24-14-23(22-10-12-36(13-11-22)27(38)15-32-17-31(5,6)7)8-9-26(24)35-29(28)25-16-37-30(33-18-34-37)21(4)20(25)3/h8-9,14,16,18-19,22,32,35H,10-13,15,17H2,1-7H3. The fourth-order valence-corrected chi connectivity index (χ4v) is 5.87.